The molecular formula is C58H42N4. The molecule has 2 aromatic heterocycles. The van der Waals surface area contributed by atoms with E-state index in [1.165, 1.54) is 37.7 Å². The number of aromatic nitrogens is 3. The summed E-state index contributed by atoms with van der Waals surface area (Å²) in [6.07, 6.45) is 6.13. The summed E-state index contributed by atoms with van der Waals surface area (Å²) in [6.45, 7) is 1.88. The van der Waals surface area contributed by atoms with Gasteiger partial charge in [0.15, 0.2) is 5.82 Å². The summed E-state index contributed by atoms with van der Waals surface area (Å²) >= 11 is 0. The molecule has 5 aliphatic rings. The van der Waals surface area contributed by atoms with E-state index in [1.807, 2.05) is 25.1 Å². The molecule has 0 radical (unpaired) electrons. The Hall–Kier alpha value is -7.09. The quantitative estimate of drug-likeness (QED) is 0.179. The van der Waals surface area contributed by atoms with Crippen molar-refractivity contribution in [3.05, 3.63) is 174 Å². The number of nitriles is 1. The van der Waals surface area contributed by atoms with E-state index in [0.717, 1.165) is 94.3 Å². The molecule has 0 unspecified atom stereocenters. The first-order chi connectivity index (χ1) is 31.8. The van der Waals surface area contributed by atoms with E-state index in [9.17, 15) is 8.00 Å². The highest BCUT2D eigenvalue weighted by molar-refractivity contribution is 6.22. The van der Waals surface area contributed by atoms with E-state index in [-0.39, 0.29) is 17.5 Å². The van der Waals surface area contributed by atoms with Crippen molar-refractivity contribution in [2.75, 3.05) is 0 Å². The molecule has 294 valence electrons. The van der Waals surface area contributed by atoms with Gasteiger partial charge < -0.3 is 0 Å². The van der Waals surface area contributed by atoms with Gasteiger partial charge in [-0.2, -0.15) is 5.26 Å². The van der Waals surface area contributed by atoms with Crippen molar-refractivity contribution in [2.24, 2.45) is 23.7 Å². The van der Waals surface area contributed by atoms with Crippen LogP contribution in [0.5, 0.6) is 0 Å². The smallest absolute Gasteiger partial charge is 0.165 e. The average Bonchev–Trinajstić information content (AvgIpc) is 3.84. The third-order valence-electron chi connectivity index (χ3n) is 15.5. The molecule has 62 heavy (non-hydrogen) atoms. The van der Waals surface area contributed by atoms with Crippen LogP contribution in [-0.4, -0.2) is 14.5 Å². The van der Waals surface area contributed by atoms with Crippen molar-refractivity contribution >= 4 is 54.4 Å². The predicted molar refractivity (Wildman–Crippen MR) is 252 cm³/mol. The lowest BCUT2D eigenvalue weighted by Gasteiger charge is -2.61. The van der Waals surface area contributed by atoms with Crippen LogP contribution in [0.2, 0.25) is 0 Å². The molecule has 4 heteroatoms. The summed E-state index contributed by atoms with van der Waals surface area (Å²) in [6, 6.07) is 50.2. The van der Waals surface area contributed by atoms with Crippen molar-refractivity contribution in [3.8, 4) is 45.4 Å². The molecule has 10 aromatic rings. The van der Waals surface area contributed by atoms with Gasteiger partial charge in [0.1, 0.15) is 5.69 Å². The SMILES string of the molecule is [2H]c1c([2H])c2c(c([2H])c1C)C1(c3ccc(-c4ccc5c(c4)c4c6ccccc6ccc4n5-c4nc5ccc(C#N)cc5nc4-c4ccc5ccccc5c4)cc3-2)C2CC3CC(C2)CC1C3. The Bertz CT molecular complexity index is 3790. The van der Waals surface area contributed by atoms with Gasteiger partial charge in [0, 0.05) is 21.8 Å². The minimum absolute atomic E-state index is 0.178. The third kappa shape index (κ3) is 4.66. The maximum atomic E-state index is 9.84. The standard InChI is InChI=1S/C58H42N4/c1-33-10-17-46-47-30-40(14-18-49(47)58(50(46)22-33)43-24-35-23-36(26-43)27-44(58)25-35)41-16-20-53-48(31-41)55-45-9-5-4-7-38(45)15-21-54(55)62(53)57-56(42-13-12-37-6-2-3-8-39(37)29-42)60-52-28-34(32-59)11-19-51(52)61-57/h2-22,28-31,35-36,43-44H,23-27H2,1H3/i10D,17D,22D. The summed E-state index contributed by atoms with van der Waals surface area (Å²) in [5.41, 5.74) is 12.3. The second-order valence-electron chi connectivity index (χ2n) is 18.7. The molecule has 4 fully saturated rings. The van der Waals surface area contributed by atoms with Crippen LogP contribution in [0, 0.1) is 41.9 Å². The number of benzene rings is 8. The van der Waals surface area contributed by atoms with Crippen LogP contribution in [0.3, 0.4) is 0 Å². The van der Waals surface area contributed by atoms with E-state index < -0.39 is 0 Å². The minimum atomic E-state index is -0.266. The molecule has 0 N–H and O–H groups in total. The molecule has 4 nitrogen and oxygen atoms in total. The minimum Gasteiger partial charge on any atom is -0.292 e. The summed E-state index contributed by atoms with van der Waals surface area (Å²) in [5.74, 6) is 3.17. The Morgan fingerprint density at radius 1 is 0.613 bits per heavy atom. The Morgan fingerprint density at radius 2 is 1.34 bits per heavy atom. The summed E-state index contributed by atoms with van der Waals surface area (Å²) in [5, 5.41) is 16.6. The highest BCUT2D eigenvalue weighted by atomic mass is 15.1. The highest BCUT2D eigenvalue weighted by Gasteiger charge is 2.61. The van der Waals surface area contributed by atoms with Crippen molar-refractivity contribution in [1.29, 1.82) is 5.26 Å². The van der Waals surface area contributed by atoms with Gasteiger partial charge in [-0.1, -0.05) is 109 Å². The number of nitrogens with zero attached hydrogens (tertiary/aromatic N) is 4. The van der Waals surface area contributed by atoms with Crippen LogP contribution in [0.4, 0.5) is 0 Å². The van der Waals surface area contributed by atoms with Crippen LogP contribution < -0.4 is 0 Å². The van der Waals surface area contributed by atoms with Gasteiger partial charge in [-0.15, -0.1) is 0 Å². The van der Waals surface area contributed by atoms with E-state index in [4.69, 9.17) is 11.3 Å². The molecule has 1 spiro atoms. The molecule has 0 atom stereocenters. The Labute approximate surface area is 364 Å². The Morgan fingerprint density at radius 3 is 2.18 bits per heavy atom. The fourth-order valence-corrected chi connectivity index (χ4v) is 13.2. The van der Waals surface area contributed by atoms with Crippen molar-refractivity contribution in [2.45, 2.75) is 44.4 Å². The Balaban J connectivity index is 1.02. The zero-order valence-corrected chi connectivity index (χ0v) is 34.3. The van der Waals surface area contributed by atoms with Gasteiger partial charge in [-0.05, 0) is 166 Å². The molecular weight excluding hydrogens is 753 g/mol. The Kier molecular flexibility index (Phi) is 6.40. The first kappa shape index (κ1) is 31.7. The van der Waals surface area contributed by atoms with Crippen LogP contribution >= 0.6 is 0 Å². The largest absolute Gasteiger partial charge is 0.292 e. The first-order valence-electron chi connectivity index (χ1n) is 23.7. The lowest BCUT2D eigenvalue weighted by Crippen LogP contribution is -2.55. The summed E-state index contributed by atoms with van der Waals surface area (Å²) in [7, 11) is 0. The fraction of sp³-hybridized carbons (Fsp3) is 0.190. The van der Waals surface area contributed by atoms with E-state index in [1.54, 1.807) is 0 Å². The number of hydrogen-bond acceptors (Lipinski definition) is 3. The average molecular weight is 798 g/mol. The van der Waals surface area contributed by atoms with Gasteiger partial charge in [0.05, 0.1) is 37.8 Å². The summed E-state index contributed by atoms with van der Waals surface area (Å²) < 4.78 is 30.5. The number of rotatable bonds is 3. The van der Waals surface area contributed by atoms with Crippen LogP contribution in [0.25, 0.3) is 93.7 Å². The molecule has 0 saturated heterocycles. The van der Waals surface area contributed by atoms with Gasteiger partial charge in [0.25, 0.3) is 0 Å². The molecule has 0 aliphatic heterocycles. The van der Waals surface area contributed by atoms with Crippen molar-refractivity contribution in [1.82, 2.24) is 14.5 Å². The van der Waals surface area contributed by atoms with Gasteiger partial charge in [-0.25, -0.2) is 9.97 Å². The number of hydrogen-bond donors (Lipinski definition) is 0. The van der Waals surface area contributed by atoms with E-state index in [2.05, 4.69) is 126 Å². The first-order valence-corrected chi connectivity index (χ1v) is 22.2. The zero-order chi connectivity index (χ0) is 43.5. The monoisotopic (exact) mass is 797 g/mol. The normalized spacial score (nSPS) is 22.7. The number of fused-ring (bicyclic) bond motifs is 10. The van der Waals surface area contributed by atoms with Gasteiger partial charge >= 0.3 is 0 Å². The molecule has 4 saturated carbocycles. The second-order valence-corrected chi connectivity index (χ2v) is 18.7. The molecule has 0 amide bonds. The van der Waals surface area contributed by atoms with E-state index >= 15 is 0 Å². The zero-order valence-electron chi connectivity index (χ0n) is 37.3. The summed E-state index contributed by atoms with van der Waals surface area (Å²) in [4.78, 5) is 10.7. The molecule has 15 rings (SSSR count). The molecule has 8 aromatic carbocycles. The molecule has 4 bridgehead atoms. The van der Waals surface area contributed by atoms with Gasteiger partial charge in [0.2, 0.25) is 0 Å². The fourth-order valence-electron chi connectivity index (χ4n) is 13.2. The maximum absolute atomic E-state index is 9.84. The van der Waals surface area contributed by atoms with Crippen LogP contribution in [0.1, 0.15) is 58.5 Å². The third-order valence-corrected chi connectivity index (χ3v) is 15.5. The lowest BCUT2D eigenvalue weighted by molar-refractivity contribution is -0.0399. The lowest BCUT2D eigenvalue weighted by atomic mass is 9.43. The second kappa shape index (κ2) is 12.5. The van der Waals surface area contributed by atoms with Crippen molar-refractivity contribution < 1.29 is 4.11 Å². The van der Waals surface area contributed by atoms with E-state index in [0.29, 0.717) is 45.9 Å². The topological polar surface area (TPSA) is 54.5 Å². The van der Waals surface area contributed by atoms with Crippen LogP contribution in [-0.2, 0) is 5.41 Å². The molecule has 5 aliphatic carbocycles. The highest BCUT2D eigenvalue weighted by Crippen LogP contribution is 2.69. The maximum Gasteiger partial charge on any atom is 0.165 e. The molecule has 2 heterocycles. The van der Waals surface area contributed by atoms with Crippen LogP contribution in [0.15, 0.2) is 152 Å². The van der Waals surface area contributed by atoms with Crippen molar-refractivity contribution in [3.63, 3.8) is 0 Å². The van der Waals surface area contributed by atoms with Gasteiger partial charge in [-0.3, -0.25) is 4.57 Å². The predicted octanol–water partition coefficient (Wildman–Crippen LogP) is 14.3.